The zero-order valence-corrected chi connectivity index (χ0v) is 15.6. The van der Waals surface area contributed by atoms with Gasteiger partial charge in [-0.2, -0.15) is 0 Å². The van der Waals surface area contributed by atoms with Crippen LogP contribution in [0.25, 0.3) is 0 Å². The number of piperidine rings is 1. The number of rotatable bonds is 3. The van der Waals surface area contributed by atoms with Crippen molar-refractivity contribution in [2.45, 2.75) is 51.6 Å². The molecule has 3 rings (SSSR count). The third-order valence-electron chi connectivity index (χ3n) is 5.34. The van der Waals surface area contributed by atoms with Crippen LogP contribution in [-0.2, 0) is 4.74 Å². The van der Waals surface area contributed by atoms with E-state index in [1.165, 1.54) is 24.0 Å². The van der Waals surface area contributed by atoms with Crippen LogP contribution in [0.15, 0.2) is 18.2 Å². The molecule has 0 spiro atoms. The Morgan fingerprint density at radius 1 is 1.08 bits per heavy atom. The van der Waals surface area contributed by atoms with Crippen molar-refractivity contribution in [2.75, 3.05) is 31.6 Å². The van der Waals surface area contributed by atoms with Gasteiger partial charge in [0.05, 0.1) is 0 Å². The van der Waals surface area contributed by atoms with Crippen molar-refractivity contribution in [3.63, 3.8) is 0 Å². The second-order valence-electron chi connectivity index (χ2n) is 7.05. The first kappa shape index (κ1) is 17.6. The smallest absolute Gasteiger partial charge is 0.170 e. The number of hydrogen-bond donors (Lipinski definition) is 2. The Labute approximate surface area is 150 Å². The quantitative estimate of drug-likeness (QED) is 0.821. The molecule has 2 N–H and O–H groups in total. The average Bonchev–Trinajstić information content (AvgIpc) is 2.59. The normalized spacial score (nSPS) is 20.8. The number of anilines is 1. The summed E-state index contributed by atoms with van der Waals surface area (Å²) in [4.78, 5) is 2.64. The second kappa shape index (κ2) is 8.28. The molecule has 1 aromatic rings. The second-order valence-corrected chi connectivity index (χ2v) is 7.46. The molecule has 0 amide bonds. The zero-order chi connectivity index (χ0) is 16.9. The molecule has 0 saturated carbocycles. The number of ether oxygens (including phenoxy) is 1. The number of aryl methyl sites for hydroxylation is 2. The Morgan fingerprint density at radius 2 is 1.79 bits per heavy atom. The Bertz CT molecular complexity index is 564. The summed E-state index contributed by atoms with van der Waals surface area (Å²) in [6.07, 6.45) is 4.69. The van der Waals surface area contributed by atoms with Gasteiger partial charge in [-0.15, -0.1) is 0 Å². The van der Waals surface area contributed by atoms with E-state index < -0.39 is 0 Å². The highest BCUT2D eigenvalue weighted by atomic mass is 32.1. The monoisotopic (exact) mass is 347 g/mol. The van der Waals surface area contributed by atoms with E-state index in [1.807, 2.05) is 0 Å². The van der Waals surface area contributed by atoms with Gasteiger partial charge in [0.2, 0.25) is 0 Å². The van der Waals surface area contributed by atoms with Crippen LogP contribution in [-0.4, -0.2) is 48.4 Å². The lowest BCUT2D eigenvalue weighted by Gasteiger charge is -2.39. The van der Waals surface area contributed by atoms with Crippen LogP contribution in [0.1, 0.15) is 36.8 Å². The van der Waals surface area contributed by atoms with E-state index in [0.717, 1.165) is 56.0 Å². The third kappa shape index (κ3) is 4.68. The van der Waals surface area contributed by atoms with Crippen LogP contribution in [0.5, 0.6) is 0 Å². The van der Waals surface area contributed by atoms with E-state index in [4.69, 9.17) is 17.0 Å². The first-order valence-electron chi connectivity index (χ1n) is 9.08. The molecule has 0 unspecified atom stereocenters. The summed E-state index contributed by atoms with van der Waals surface area (Å²) in [6, 6.07) is 7.57. The van der Waals surface area contributed by atoms with Crippen LogP contribution in [0, 0.1) is 13.8 Å². The lowest BCUT2D eigenvalue weighted by Crippen LogP contribution is -2.49. The van der Waals surface area contributed by atoms with Gasteiger partial charge in [-0.05, 0) is 75.0 Å². The summed E-state index contributed by atoms with van der Waals surface area (Å²) >= 11 is 5.50. The standard InChI is InChI=1S/C19H29N3OS/c1-14-3-4-17(13-15(14)2)21-19(24)20-16-5-9-22(10-6-16)18-7-11-23-12-8-18/h3-4,13,16,18H,5-12H2,1-2H3,(H2,20,21,24). The van der Waals surface area contributed by atoms with Gasteiger partial charge in [-0.1, -0.05) is 6.07 Å². The molecule has 2 fully saturated rings. The molecule has 5 heteroatoms. The minimum Gasteiger partial charge on any atom is -0.381 e. The predicted molar refractivity (Wildman–Crippen MR) is 104 cm³/mol. The van der Waals surface area contributed by atoms with Gasteiger partial charge < -0.3 is 20.3 Å². The summed E-state index contributed by atoms with van der Waals surface area (Å²) in [5, 5.41) is 7.55. The molecule has 0 aromatic heterocycles. The first-order chi connectivity index (χ1) is 11.6. The fourth-order valence-electron chi connectivity index (χ4n) is 3.63. The summed E-state index contributed by atoms with van der Waals surface area (Å²) in [6.45, 7) is 8.42. The Hall–Kier alpha value is -1.17. The molecule has 1 aromatic carbocycles. The lowest BCUT2D eigenvalue weighted by molar-refractivity contribution is 0.0247. The highest BCUT2D eigenvalue weighted by Gasteiger charge is 2.26. The third-order valence-corrected chi connectivity index (χ3v) is 5.56. The van der Waals surface area contributed by atoms with Gasteiger partial charge in [0.15, 0.2) is 5.11 Å². The SMILES string of the molecule is Cc1ccc(NC(=S)NC2CCN(C3CCOCC3)CC2)cc1C. The number of likely N-dealkylation sites (tertiary alicyclic amines) is 1. The highest BCUT2D eigenvalue weighted by molar-refractivity contribution is 7.80. The van der Waals surface area contributed by atoms with Crippen LogP contribution in [0.3, 0.4) is 0 Å². The maximum absolute atomic E-state index is 5.50. The number of nitrogens with one attached hydrogen (secondary N) is 2. The van der Waals surface area contributed by atoms with Crippen molar-refractivity contribution >= 4 is 23.0 Å². The summed E-state index contributed by atoms with van der Waals surface area (Å²) in [5.74, 6) is 0. The van der Waals surface area contributed by atoms with Crippen LogP contribution in [0.4, 0.5) is 5.69 Å². The molecule has 0 bridgehead atoms. The summed E-state index contributed by atoms with van der Waals surface area (Å²) in [7, 11) is 0. The van der Waals surface area contributed by atoms with Crippen molar-refractivity contribution in [2.24, 2.45) is 0 Å². The molecule has 0 radical (unpaired) electrons. The van der Waals surface area contributed by atoms with Crippen LogP contribution >= 0.6 is 12.2 Å². The number of benzene rings is 1. The Balaban J connectivity index is 1.43. The molecule has 2 saturated heterocycles. The van der Waals surface area contributed by atoms with Crippen LogP contribution < -0.4 is 10.6 Å². The molecule has 4 nitrogen and oxygen atoms in total. The van der Waals surface area contributed by atoms with E-state index in [1.54, 1.807) is 0 Å². The molecule has 2 heterocycles. The van der Waals surface area contributed by atoms with Gasteiger partial charge in [0.25, 0.3) is 0 Å². The van der Waals surface area contributed by atoms with Crippen molar-refractivity contribution in [3.8, 4) is 0 Å². The molecule has 2 aliphatic heterocycles. The first-order valence-corrected chi connectivity index (χ1v) is 9.49. The van der Waals surface area contributed by atoms with E-state index in [2.05, 4.69) is 47.6 Å². The van der Waals surface area contributed by atoms with E-state index >= 15 is 0 Å². The van der Waals surface area contributed by atoms with Crippen molar-refractivity contribution in [3.05, 3.63) is 29.3 Å². The number of nitrogens with zero attached hydrogens (tertiary/aromatic N) is 1. The van der Waals surface area contributed by atoms with Gasteiger partial charge >= 0.3 is 0 Å². The highest BCUT2D eigenvalue weighted by Crippen LogP contribution is 2.20. The molecular formula is C19H29N3OS. The topological polar surface area (TPSA) is 36.5 Å². The molecule has 0 atom stereocenters. The minimum atomic E-state index is 0.479. The van der Waals surface area contributed by atoms with E-state index in [0.29, 0.717) is 6.04 Å². The number of thiocarbonyl (C=S) groups is 1. The molecule has 24 heavy (non-hydrogen) atoms. The van der Waals surface area contributed by atoms with Gasteiger partial charge in [0.1, 0.15) is 0 Å². The van der Waals surface area contributed by atoms with E-state index in [-0.39, 0.29) is 0 Å². The minimum absolute atomic E-state index is 0.479. The largest absolute Gasteiger partial charge is 0.381 e. The summed E-state index contributed by atoms with van der Waals surface area (Å²) < 4.78 is 5.47. The van der Waals surface area contributed by atoms with Gasteiger partial charge in [0, 0.05) is 44.1 Å². The van der Waals surface area contributed by atoms with Crippen LogP contribution in [0.2, 0.25) is 0 Å². The molecule has 0 aliphatic carbocycles. The summed E-state index contributed by atoms with van der Waals surface area (Å²) in [5.41, 5.74) is 3.66. The van der Waals surface area contributed by atoms with Gasteiger partial charge in [-0.3, -0.25) is 0 Å². The maximum atomic E-state index is 5.50. The zero-order valence-electron chi connectivity index (χ0n) is 14.8. The van der Waals surface area contributed by atoms with Crippen molar-refractivity contribution in [1.29, 1.82) is 0 Å². The average molecular weight is 348 g/mol. The fourth-order valence-corrected chi connectivity index (χ4v) is 3.92. The van der Waals surface area contributed by atoms with Crippen molar-refractivity contribution < 1.29 is 4.74 Å². The predicted octanol–water partition coefficient (Wildman–Crippen LogP) is 3.23. The van der Waals surface area contributed by atoms with E-state index in [9.17, 15) is 0 Å². The molecule has 132 valence electrons. The Morgan fingerprint density at radius 3 is 2.46 bits per heavy atom. The number of hydrogen-bond acceptors (Lipinski definition) is 3. The molecular weight excluding hydrogens is 318 g/mol. The lowest BCUT2D eigenvalue weighted by atomic mass is 10.00. The van der Waals surface area contributed by atoms with Crippen molar-refractivity contribution in [1.82, 2.24) is 10.2 Å². The molecule has 2 aliphatic rings. The van der Waals surface area contributed by atoms with Gasteiger partial charge in [-0.25, -0.2) is 0 Å². The Kier molecular flexibility index (Phi) is 6.09. The fraction of sp³-hybridized carbons (Fsp3) is 0.632. The maximum Gasteiger partial charge on any atom is 0.170 e.